The molecule has 1 aliphatic carbocycles. The SMILES string of the molecule is NC1=NC2[C@H](CN3C(=O)CCC3=O)N=C(N)N3C[C@H](NC(=O)c4cccc5c4OCCC54CCC4)C(O)(O)C23N1. The van der Waals surface area contributed by atoms with Crippen LogP contribution in [0.5, 0.6) is 5.75 Å². The van der Waals surface area contributed by atoms with Gasteiger partial charge in [0.05, 0.1) is 24.8 Å². The first-order chi connectivity index (χ1) is 19.1. The molecule has 14 heteroatoms. The average molecular weight is 553 g/mol. The number of nitrogens with zero attached hydrogens (tertiary/aromatic N) is 4. The van der Waals surface area contributed by atoms with Crippen molar-refractivity contribution in [2.45, 2.75) is 73.5 Å². The lowest BCUT2D eigenvalue weighted by atomic mass is 9.61. The van der Waals surface area contributed by atoms with Crippen LogP contribution in [0.25, 0.3) is 0 Å². The molecule has 0 radical (unpaired) electrons. The van der Waals surface area contributed by atoms with Crippen molar-refractivity contribution in [3.8, 4) is 5.75 Å². The maximum Gasteiger partial charge on any atom is 0.255 e. The van der Waals surface area contributed by atoms with Gasteiger partial charge in [0, 0.05) is 30.4 Å². The maximum absolute atomic E-state index is 13.6. The molecule has 4 atom stereocenters. The van der Waals surface area contributed by atoms with Gasteiger partial charge in [-0.05, 0) is 25.3 Å². The zero-order chi connectivity index (χ0) is 28.0. The Labute approximate surface area is 229 Å². The van der Waals surface area contributed by atoms with Crippen LogP contribution in [0.1, 0.15) is 54.4 Å². The molecule has 2 spiro atoms. The van der Waals surface area contributed by atoms with Crippen LogP contribution in [-0.2, 0) is 15.0 Å². The van der Waals surface area contributed by atoms with Crippen LogP contribution in [0, 0.1) is 0 Å². The van der Waals surface area contributed by atoms with Crippen LogP contribution in [0.15, 0.2) is 28.2 Å². The van der Waals surface area contributed by atoms with Crippen molar-refractivity contribution in [1.29, 1.82) is 0 Å². The third-order valence-electron chi connectivity index (χ3n) is 9.60. The molecule has 8 N–H and O–H groups in total. The number of para-hydroxylation sites is 1. The highest BCUT2D eigenvalue weighted by Gasteiger charge is 2.73. The summed E-state index contributed by atoms with van der Waals surface area (Å²) in [4.78, 5) is 49.6. The lowest BCUT2D eigenvalue weighted by molar-refractivity contribution is -0.230. The Hall–Kier alpha value is -3.91. The molecule has 3 fully saturated rings. The van der Waals surface area contributed by atoms with Gasteiger partial charge in [-0.1, -0.05) is 18.6 Å². The van der Waals surface area contributed by atoms with Gasteiger partial charge in [0.25, 0.3) is 5.91 Å². The number of benzene rings is 1. The van der Waals surface area contributed by atoms with Crippen LogP contribution in [0.3, 0.4) is 0 Å². The van der Waals surface area contributed by atoms with Crippen LogP contribution < -0.4 is 26.8 Å². The van der Waals surface area contributed by atoms with Gasteiger partial charge in [-0.15, -0.1) is 0 Å². The fraction of sp³-hybridized carbons (Fsp3) is 0.577. The van der Waals surface area contributed by atoms with Gasteiger partial charge in [0.2, 0.25) is 17.6 Å². The Bertz CT molecular complexity index is 1370. The second-order valence-electron chi connectivity index (χ2n) is 11.6. The zero-order valence-electron chi connectivity index (χ0n) is 21.8. The largest absolute Gasteiger partial charge is 0.492 e. The molecule has 14 nitrogen and oxygen atoms in total. The number of rotatable bonds is 4. The number of ether oxygens (including phenoxy) is 1. The van der Waals surface area contributed by atoms with E-state index in [9.17, 15) is 24.6 Å². The number of likely N-dealkylation sites (tertiary alicyclic amines) is 1. The molecule has 7 rings (SSSR count). The highest BCUT2D eigenvalue weighted by molar-refractivity contribution is 6.02. The van der Waals surface area contributed by atoms with E-state index in [1.807, 2.05) is 12.1 Å². The molecule has 1 saturated carbocycles. The van der Waals surface area contributed by atoms with Crippen LogP contribution in [-0.4, -0.2) is 98.9 Å². The first-order valence-corrected chi connectivity index (χ1v) is 13.6. The second kappa shape index (κ2) is 8.30. The number of aliphatic imine (C=N–C) groups is 2. The number of amides is 3. The molecule has 40 heavy (non-hydrogen) atoms. The molecule has 3 amide bonds. The standard InChI is InChI=1S/C26H32N8O6/c27-22-31-20-15(11-33-17(35)5-6-18(33)36)29-23(28)34-12-16(26(38,39)25(20,34)32-22)30-21(37)13-3-1-4-14-19(13)40-10-9-24(14)7-2-8-24/h1,3-4,15-16,20,38-39H,2,5-12H2,(H2,28,29)(H,30,37)(H3,27,31,32)/t15-,16-,20?,25?/m0/s1. The van der Waals surface area contributed by atoms with Crippen molar-refractivity contribution in [2.75, 3.05) is 19.7 Å². The van der Waals surface area contributed by atoms with Crippen molar-refractivity contribution in [3.05, 3.63) is 29.3 Å². The zero-order valence-corrected chi connectivity index (χ0v) is 21.8. The van der Waals surface area contributed by atoms with Crippen molar-refractivity contribution >= 4 is 29.6 Å². The van der Waals surface area contributed by atoms with Crippen molar-refractivity contribution in [3.63, 3.8) is 0 Å². The molecule has 2 unspecified atom stereocenters. The number of hydrogen-bond donors (Lipinski definition) is 6. The van der Waals surface area contributed by atoms with Gasteiger partial charge in [-0.3, -0.25) is 19.3 Å². The predicted octanol–water partition coefficient (Wildman–Crippen LogP) is -2.19. The number of aliphatic hydroxyl groups is 2. The molecule has 2 saturated heterocycles. The van der Waals surface area contributed by atoms with Crippen molar-refractivity contribution < 1.29 is 29.3 Å². The van der Waals surface area contributed by atoms with Gasteiger partial charge in [-0.25, -0.2) is 9.98 Å². The van der Waals surface area contributed by atoms with Crippen LogP contribution in [0.2, 0.25) is 0 Å². The average Bonchev–Trinajstić information content (AvgIpc) is 3.49. The molecule has 6 aliphatic rings. The van der Waals surface area contributed by atoms with Gasteiger partial charge >= 0.3 is 0 Å². The molecule has 212 valence electrons. The number of guanidine groups is 2. The number of fused-ring (bicyclic) bond motifs is 2. The van der Waals surface area contributed by atoms with E-state index >= 15 is 0 Å². The van der Waals surface area contributed by atoms with E-state index in [4.69, 9.17) is 16.2 Å². The first-order valence-electron chi connectivity index (χ1n) is 13.6. The van der Waals surface area contributed by atoms with Crippen LogP contribution in [0.4, 0.5) is 0 Å². The summed E-state index contributed by atoms with van der Waals surface area (Å²) in [5, 5.41) is 29.1. The van der Waals surface area contributed by atoms with Crippen molar-refractivity contribution in [2.24, 2.45) is 21.5 Å². The maximum atomic E-state index is 13.6. The number of hydrogen-bond acceptors (Lipinski definition) is 12. The van der Waals surface area contributed by atoms with Crippen LogP contribution >= 0.6 is 0 Å². The summed E-state index contributed by atoms with van der Waals surface area (Å²) in [6, 6.07) is 2.33. The van der Waals surface area contributed by atoms with E-state index in [0.717, 1.165) is 36.1 Å². The third kappa shape index (κ3) is 3.19. The molecule has 1 aromatic carbocycles. The van der Waals surface area contributed by atoms with Crippen molar-refractivity contribution in [1.82, 2.24) is 20.4 Å². The van der Waals surface area contributed by atoms with Gasteiger partial charge in [-0.2, -0.15) is 0 Å². The summed E-state index contributed by atoms with van der Waals surface area (Å²) in [7, 11) is 0. The number of carbonyl (C=O) groups excluding carboxylic acids is 3. The Morgan fingerprint density at radius 3 is 2.60 bits per heavy atom. The molecule has 0 bridgehead atoms. The molecule has 5 aliphatic heterocycles. The van der Waals surface area contributed by atoms with Gasteiger partial charge in [0.15, 0.2) is 17.6 Å². The molecule has 0 aromatic heterocycles. The smallest absolute Gasteiger partial charge is 0.255 e. The monoisotopic (exact) mass is 552 g/mol. The summed E-state index contributed by atoms with van der Waals surface area (Å²) in [5.41, 5.74) is 11.9. The number of nitrogens with two attached hydrogens (primary N) is 2. The van der Waals surface area contributed by atoms with E-state index in [1.54, 1.807) is 6.07 Å². The lowest BCUT2D eigenvalue weighted by Crippen LogP contribution is -2.78. The lowest BCUT2D eigenvalue weighted by Gasteiger charge is -2.49. The summed E-state index contributed by atoms with van der Waals surface area (Å²) in [6.45, 7) is 0.258. The summed E-state index contributed by atoms with van der Waals surface area (Å²) in [5.74, 6) is -3.45. The van der Waals surface area contributed by atoms with E-state index in [1.165, 1.54) is 4.90 Å². The molecular weight excluding hydrogens is 520 g/mol. The first kappa shape index (κ1) is 25.1. The number of imide groups is 1. The van der Waals surface area contributed by atoms with E-state index < -0.39 is 35.5 Å². The minimum Gasteiger partial charge on any atom is -0.492 e. The topological polar surface area (TPSA) is 208 Å². The Morgan fingerprint density at radius 2 is 1.90 bits per heavy atom. The Morgan fingerprint density at radius 1 is 1.15 bits per heavy atom. The fourth-order valence-corrected chi connectivity index (χ4v) is 7.38. The highest BCUT2D eigenvalue weighted by Crippen LogP contribution is 2.52. The molecular formula is C26H32N8O6. The minimum absolute atomic E-state index is 0.0302. The van der Waals surface area contributed by atoms with E-state index in [0.29, 0.717) is 17.9 Å². The summed E-state index contributed by atoms with van der Waals surface area (Å²) < 4.78 is 5.97. The van der Waals surface area contributed by atoms with E-state index in [-0.39, 0.29) is 55.1 Å². The second-order valence-corrected chi connectivity index (χ2v) is 11.6. The quantitative estimate of drug-likeness (QED) is 0.176. The highest BCUT2D eigenvalue weighted by atomic mass is 16.5. The normalized spacial score (nSPS) is 32.8. The predicted molar refractivity (Wildman–Crippen MR) is 140 cm³/mol. The summed E-state index contributed by atoms with van der Waals surface area (Å²) in [6.07, 6.45) is 4.34. The Kier molecular flexibility index (Phi) is 5.21. The van der Waals surface area contributed by atoms with Gasteiger partial charge in [0.1, 0.15) is 17.8 Å². The third-order valence-corrected chi connectivity index (χ3v) is 9.60. The molecule has 5 heterocycles. The minimum atomic E-state index is -2.64. The number of carbonyl (C=O) groups is 3. The molecule has 1 aromatic rings. The van der Waals surface area contributed by atoms with Gasteiger partial charge < -0.3 is 42.0 Å². The Balaban J connectivity index is 1.19. The summed E-state index contributed by atoms with van der Waals surface area (Å²) >= 11 is 0. The number of nitrogens with one attached hydrogen (secondary N) is 2. The fourth-order valence-electron chi connectivity index (χ4n) is 7.38. The van der Waals surface area contributed by atoms with E-state index in [2.05, 4.69) is 20.6 Å².